The van der Waals surface area contributed by atoms with E-state index in [1.165, 1.54) is 0 Å². The largest absolute Gasteiger partial charge is 0.416 e. The van der Waals surface area contributed by atoms with Crippen LogP contribution in [0.4, 0.5) is 18.9 Å². The number of rotatable bonds is 4. The van der Waals surface area contributed by atoms with E-state index in [1.54, 1.807) is 6.07 Å². The number of aryl methyl sites for hydroxylation is 1. The van der Waals surface area contributed by atoms with Crippen molar-refractivity contribution < 1.29 is 22.5 Å². The third kappa shape index (κ3) is 4.68. The van der Waals surface area contributed by atoms with Crippen LogP contribution in [0.2, 0.25) is 5.02 Å². The predicted molar refractivity (Wildman–Crippen MR) is 95.5 cm³/mol. The molecule has 1 heterocycles. The number of anilines is 1. The van der Waals surface area contributed by atoms with Crippen LogP contribution in [0.3, 0.4) is 0 Å². The van der Waals surface area contributed by atoms with Crippen molar-refractivity contribution in [2.75, 3.05) is 5.32 Å². The van der Waals surface area contributed by atoms with Gasteiger partial charge in [-0.15, -0.1) is 0 Å². The standard InChI is InChI=1S/C19H14ClF3N2O2/c1-11-2-4-12(5-3-11)17-9-14(25-27-17)10-18(26)24-16-8-13(19(21,22)23)6-7-15(16)20/h2-9H,10H2,1H3,(H,24,26). The van der Waals surface area contributed by atoms with Gasteiger partial charge in [0, 0.05) is 11.6 Å². The number of amides is 1. The average Bonchev–Trinajstić information content (AvgIpc) is 3.04. The van der Waals surface area contributed by atoms with E-state index in [-0.39, 0.29) is 17.1 Å². The molecule has 0 saturated heterocycles. The molecule has 8 heteroatoms. The minimum atomic E-state index is -4.53. The predicted octanol–water partition coefficient (Wildman–Crippen LogP) is 5.50. The summed E-state index contributed by atoms with van der Waals surface area (Å²) in [4.78, 5) is 12.2. The van der Waals surface area contributed by atoms with Gasteiger partial charge in [-0.3, -0.25) is 4.79 Å². The van der Waals surface area contributed by atoms with Crippen molar-refractivity contribution >= 4 is 23.2 Å². The first-order chi connectivity index (χ1) is 12.7. The van der Waals surface area contributed by atoms with E-state index in [4.69, 9.17) is 16.1 Å². The summed E-state index contributed by atoms with van der Waals surface area (Å²) in [5, 5.41) is 6.21. The summed E-state index contributed by atoms with van der Waals surface area (Å²) in [7, 11) is 0. The van der Waals surface area contributed by atoms with Crippen LogP contribution in [0.1, 0.15) is 16.8 Å². The lowest BCUT2D eigenvalue weighted by atomic mass is 10.1. The monoisotopic (exact) mass is 394 g/mol. The van der Waals surface area contributed by atoms with E-state index < -0.39 is 17.6 Å². The highest BCUT2D eigenvalue weighted by atomic mass is 35.5. The lowest BCUT2D eigenvalue weighted by Gasteiger charge is -2.11. The van der Waals surface area contributed by atoms with E-state index in [2.05, 4.69) is 10.5 Å². The molecule has 0 bridgehead atoms. The number of carbonyl (C=O) groups is 1. The van der Waals surface area contributed by atoms with Crippen LogP contribution < -0.4 is 5.32 Å². The number of nitrogens with zero attached hydrogens (tertiary/aromatic N) is 1. The van der Waals surface area contributed by atoms with Crippen molar-refractivity contribution in [2.24, 2.45) is 0 Å². The first kappa shape index (κ1) is 19.0. The molecule has 140 valence electrons. The maximum atomic E-state index is 12.8. The number of aromatic nitrogens is 1. The molecule has 3 rings (SSSR count). The van der Waals surface area contributed by atoms with Gasteiger partial charge in [0.25, 0.3) is 0 Å². The molecular weight excluding hydrogens is 381 g/mol. The maximum Gasteiger partial charge on any atom is 0.416 e. The summed E-state index contributed by atoms with van der Waals surface area (Å²) in [6.45, 7) is 1.96. The smallest absolute Gasteiger partial charge is 0.356 e. The molecule has 2 aromatic carbocycles. The van der Waals surface area contributed by atoms with Crippen molar-refractivity contribution in [2.45, 2.75) is 19.5 Å². The topological polar surface area (TPSA) is 55.1 Å². The number of hydrogen-bond donors (Lipinski definition) is 1. The molecule has 0 aliphatic carbocycles. The van der Waals surface area contributed by atoms with E-state index in [0.29, 0.717) is 11.5 Å². The quantitative estimate of drug-likeness (QED) is 0.635. The molecule has 0 fully saturated rings. The molecule has 0 spiro atoms. The molecule has 0 radical (unpaired) electrons. The second-order valence-electron chi connectivity index (χ2n) is 5.97. The Morgan fingerprint density at radius 1 is 1.15 bits per heavy atom. The van der Waals surface area contributed by atoms with E-state index in [1.807, 2.05) is 31.2 Å². The van der Waals surface area contributed by atoms with Crippen molar-refractivity contribution in [3.63, 3.8) is 0 Å². The third-order valence-electron chi connectivity index (χ3n) is 3.80. The highest BCUT2D eigenvalue weighted by molar-refractivity contribution is 6.33. The number of alkyl halides is 3. The van der Waals surface area contributed by atoms with Crippen molar-refractivity contribution in [1.29, 1.82) is 0 Å². The van der Waals surface area contributed by atoms with E-state index >= 15 is 0 Å². The van der Waals surface area contributed by atoms with Gasteiger partial charge in [0.2, 0.25) is 5.91 Å². The van der Waals surface area contributed by atoms with Crippen LogP contribution in [-0.4, -0.2) is 11.1 Å². The van der Waals surface area contributed by atoms with Crippen LogP contribution in [0.15, 0.2) is 53.1 Å². The average molecular weight is 395 g/mol. The molecular formula is C19H14ClF3N2O2. The first-order valence-corrected chi connectivity index (χ1v) is 8.29. The SMILES string of the molecule is Cc1ccc(-c2cc(CC(=O)Nc3cc(C(F)(F)F)ccc3Cl)no2)cc1. The fourth-order valence-electron chi connectivity index (χ4n) is 2.41. The summed E-state index contributed by atoms with van der Waals surface area (Å²) in [5.74, 6) is -0.0603. The van der Waals surface area contributed by atoms with Crippen LogP contribution in [0.25, 0.3) is 11.3 Å². The summed E-state index contributed by atoms with van der Waals surface area (Å²) in [5.41, 5.74) is 1.24. The highest BCUT2D eigenvalue weighted by Gasteiger charge is 2.31. The molecule has 1 aromatic heterocycles. The summed E-state index contributed by atoms with van der Waals surface area (Å²) in [6.07, 6.45) is -4.69. The van der Waals surface area contributed by atoms with Crippen molar-refractivity contribution in [3.8, 4) is 11.3 Å². The van der Waals surface area contributed by atoms with Gasteiger partial charge in [0.15, 0.2) is 5.76 Å². The molecule has 0 aliphatic rings. The van der Waals surface area contributed by atoms with Crippen molar-refractivity contribution in [3.05, 3.63) is 70.4 Å². The zero-order chi connectivity index (χ0) is 19.6. The van der Waals surface area contributed by atoms with Gasteiger partial charge in [-0.25, -0.2) is 0 Å². The van der Waals surface area contributed by atoms with Gasteiger partial charge in [-0.2, -0.15) is 13.2 Å². The Hall–Kier alpha value is -2.80. The number of carbonyl (C=O) groups excluding carboxylic acids is 1. The molecule has 1 amide bonds. The second kappa shape index (κ2) is 7.44. The molecule has 4 nitrogen and oxygen atoms in total. The lowest BCUT2D eigenvalue weighted by molar-refractivity contribution is -0.137. The highest BCUT2D eigenvalue weighted by Crippen LogP contribution is 2.33. The number of hydrogen-bond acceptors (Lipinski definition) is 3. The lowest BCUT2D eigenvalue weighted by Crippen LogP contribution is -2.15. The van der Waals surface area contributed by atoms with Crippen LogP contribution in [0.5, 0.6) is 0 Å². The van der Waals surface area contributed by atoms with Crippen molar-refractivity contribution in [1.82, 2.24) is 5.16 Å². The Morgan fingerprint density at radius 3 is 2.52 bits per heavy atom. The van der Waals surface area contributed by atoms with Gasteiger partial charge in [0.05, 0.1) is 28.4 Å². The second-order valence-corrected chi connectivity index (χ2v) is 6.37. The van der Waals surface area contributed by atoms with Gasteiger partial charge < -0.3 is 9.84 Å². The van der Waals surface area contributed by atoms with Gasteiger partial charge >= 0.3 is 6.18 Å². The fraction of sp³-hybridized carbons (Fsp3) is 0.158. The molecule has 3 aromatic rings. The Labute approximate surface area is 157 Å². The Kier molecular flexibility index (Phi) is 5.23. The molecule has 0 aliphatic heterocycles. The Bertz CT molecular complexity index is 966. The van der Waals surface area contributed by atoms with Crippen LogP contribution in [0, 0.1) is 6.92 Å². The third-order valence-corrected chi connectivity index (χ3v) is 4.13. The van der Waals surface area contributed by atoms with Gasteiger partial charge in [-0.05, 0) is 25.1 Å². The molecule has 0 atom stereocenters. The van der Waals surface area contributed by atoms with Gasteiger partial charge in [0.1, 0.15) is 0 Å². The summed E-state index contributed by atoms with van der Waals surface area (Å²) < 4.78 is 43.6. The Morgan fingerprint density at radius 2 is 1.85 bits per heavy atom. The van der Waals surface area contributed by atoms with Gasteiger partial charge in [-0.1, -0.05) is 46.6 Å². The number of benzene rings is 2. The molecule has 0 unspecified atom stereocenters. The Balaban J connectivity index is 1.71. The minimum absolute atomic E-state index is 0.0110. The molecule has 1 N–H and O–H groups in total. The number of halogens is 4. The first-order valence-electron chi connectivity index (χ1n) is 7.91. The molecule has 27 heavy (non-hydrogen) atoms. The van der Waals surface area contributed by atoms with Crippen LogP contribution >= 0.6 is 11.6 Å². The zero-order valence-electron chi connectivity index (χ0n) is 14.1. The minimum Gasteiger partial charge on any atom is -0.356 e. The van der Waals surface area contributed by atoms with Crippen LogP contribution in [-0.2, 0) is 17.4 Å². The van der Waals surface area contributed by atoms with E-state index in [0.717, 1.165) is 29.3 Å². The normalized spacial score (nSPS) is 11.4. The summed E-state index contributed by atoms with van der Waals surface area (Å²) >= 11 is 5.87. The zero-order valence-corrected chi connectivity index (χ0v) is 14.9. The molecule has 0 saturated carbocycles. The number of nitrogens with one attached hydrogen (secondary N) is 1. The maximum absolute atomic E-state index is 12.8. The fourth-order valence-corrected chi connectivity index (χ4v) is 2.57. The summed E-state index contributed by atoms with van der Waals surface area (Å²) in [6, 6.07) is 11.9. The van der Waals surface area contributed by atoms with E-state index in [9.17, 15) is 18.0 Å².